The number of halogens is 1. The number of Topliss-reactive ketones (excluding diaryl/α,β-unsaturated/α-hetero) is 1. The highest BCUT2D eigenvalue weighted by molar-refractivity contribution is 6.67. The molecule has 0 aromatic carbocycles. The molecule has 0 N–H and O–H groups in total. The molecule has 1 heterocycles. The lowest BCUT2D eigenvalue weighted by atomic mass is 10.1. The molecule has 0 aliphatic rings. The van der Waals surface area contributed by atoms with Crippen molar-refractivity contribution in [2.45, 2.75) is 32.6 Å². The van der Waals surface area contributed by atoms with Gasteiger partial charge in [-0.05, 0) is 31.4 Å². The molecule has 0 saturated carbocycles. The fourth-order valence-corrected chi connectivity index (χ4v) is 1.25. The smallest absolute Gasteiger partial charge is 0.274 e. The van der Waals surface area contributed by atoms with Crippen molar-refractivity contribution in [3.05, 3.63) is 17.8 Å². The number of hydrogen-bond donors (Lipinski definition) is 0. The van der Waals surface area contributed by atoms with E-state index in [1.807, 2.05) is 0 Å². The van der Waals surface area contributed by atoms with Crippen molar-refractivity contribution in [3.63, 3.8) is 0 Å². The van der Waals surface area contributed by atoms with E-state index < -0.39 is 5.24 Å². The lowest BCUT2D eigenvalue weighted by Crippen LogP contribution is -1.93. The number of ketones is 1. The van der Waals surface area contributed by atoms with Crippen molar-refractivity contribution in [3.8, 4) is 0 Å². The second-order valence-electron chi connectivity index (χ2n) is 3.31. The highest BCUT2D eigenvalue weighted by Crippen LogP contribution is 2.09. The van der Waals surface area contributed by atoms with Gasteiger partial charge < -0.3 is 9.21 Å². The first-order valence-electron chi connectivity index (χ1n) is 4.73. The number of unbranched alkanes of at least 4 members (excludes halogenated alkanes) is 1. The summed E-state index contributed by atoms with van der Waals surface area (Å²) in [6.07, 6.45) is 4.06. The molecule has 0 radical (unpaired) electrons. The quantitative estimate of drug-likeness (QED) is 0.555. The van der Waals surface area contributed by atoms with Crippen molar-refractivity contribution in [2.75, 3.05) is 0 Å². The molecule has 0 saturated heterocycles. The molecule has 0 aliphatic heterocycles. The first-order chi connectivity index (χ1) is 7.09. The van der Waals surface area contributed by atoms with Crippen molar-refractivity contribution in [2.24, 2.45) is 0 Å². The van der Waals surface area contributed by atoms with Crippen LogP contribution in [0.5, 0.6) is 0 Å². The predicted molar refractivity (Wildman–Crippen MR) is 54.9 cm³/mol. The van der Waals surface area contributed by atoms with E-state index in [0.29, 0.717) is 18.7 Å². The average Bonchev–Trinajstić information content (AvgIpc) is 2.60. The summed E-state index contributed by atoms with van der Waals surface area (Å²) in [5, 5.41) is -0.617. The van der Waals surface area contributed by atoms with Crippen LogP contribution in [-0.2, 0) is 11.2 Å². The summed E-state index contributed by atoms with van der Waals surface area (Å²) in [7, 11) is 0. The number of carbonyl (C=O) groups is 2. The van der Waals surface area contributed by atoms with Crippen LogP contribution in [0.25, 0.3) is 0 Å². The molecular formula is C10H12ClNO3. The van der Waals surface area contributed by atoms with Gasteiger partial charge in [-0.1, -0.05) is 0 Å². The van der Waals surface area contributed by atoms with Gasteiger partial charge in [0.05, 0.1) is 0 Å². The number of aromatic nitrogens is 1. The lowest BCUT2D eigenvalue weighted by molar-refractivity contribution is -0.117. The van der Waals surface area contributed by atoms with E-state index in [1.165, 1.54) is 6.26 Å². The summed E-state index contributed by atoms with van der Waals surface area (Å²) in [6, 6.07) is 0. The fourth-order valence-electron chi connectivity index (χ4n) is 1.17. The minimum Gasteiger partial charge on any atom is -0.448 e. The molecule has 82 valence electrons. The van der Waals surface area contributed by atoms with Gasteiger partial charge >= 0.3 is 0 Å². The van der Waals surface area contributed by atoms with E-state index in [4.69, 9.17) is 16.0 Å². The highest BCUT2D eigenvalue weighted by Gasteiger charge is 2.08. The minimum atomic E-state index is -0.617. The van der Waals surface area contributed by atoms with Crippen molar-refractivity contribution in [1.29, 1.82) is 0 Å². The van der Waals surface area contributed by atoms with Crippen molar-refractivity contribution < 1.29 is 14.0 Å². The molecule has 0 amide bonds. The number of hydrogen-bond acceptors (Lipinski definition) is 4. The van der Waals surface area contributed by atoms with Gasteiger partial charge in [0, 0.05) is 12.8 Å². The Balaban J connectivity index is 2.31. The topological polar surface area (TPSA) is 60.2 Å². The van der Waals surface area contributed by atoms with Gasteiger partial charge in [0.15, 0.2) is 11.6 Å². The van der Waals surface area contributed by atoms with Crippen LogP contribution in [-0.4, -0.2) is 16.0 Å². The zero-order chi connectivity index (χ0) is 11.3. The Morgan fingerprint density at radius 1 is 1.47 bits per heavy atom. The van der Waals surface area contributed by atoms with Crippen LogP contribution < -0.4 is 0 Å². The van der Waals surface area contributed by atoms with Crippen LogP contribution in [0.15, 0.2) is 10.7 Å². The van der Waals surface area contributed by atoms with Gasteiger partial charge in [-0.3, -0.25) is 4.79 Å². The maximum Gasteiger partial charge on any atom is 0.274 e. The largest absolute Gasteiger partial charge is 0.448 e. The van der Waals surface area contributed by atoms with E-state index in [1.54, 1.807) is 6.92 Å². The van der Waals surface area contributed by atoms with Crippen LogP contribution in [0.3, 0.4) is 0 Å². The second kappa shape index (κ2) is 5.66. The molecule has 0 unspecified atom stereocenters. The molecule has 15 heavy (non-hydrogen) atoms. The van der Waals surface area contributed by atoms with Gasteiger partial charge in [-0.2, -0.15) is 0 Å². The van der Waals surface area contributed by atoms with Crippen LogP contribution in [0.4, 0.5) is 0 Å². The van der Waals surface area contributed by atoms with Gasteiger partial charge in [0.2, 0.25) is 0 Å². The molecule has 1 aromatic rings. The summed E-state index contributed by atoms with van der Waals surface area (Å²) in [6.45, 7) is 1.56. The molecule has 0 atom stereocenters. The zero-order valence-electron chi connectivity index (χ0n) is 8.46. The van der Waals surface area contributed by atoms with Crippen molar-refractivity contribution >= 4 is 22.6 Å². The molecule has 4 nitrogen and oxygen atoms in total. The molecule has 0 fully saturated rings. The van der Waals surface area contributed by atoms with Crippen LogP contribution in [0, 0.1) is 0 Å². The highest BCUT2D eigenvalue weighted by atomic mass is 35.5. The Labute approximate surface area is 92.6 Å². The van der Waals surface area contributed by atoms with E-state index >= 15 is 0 Å². The number of aryl methyl sites for hydroxylation is 1. The molecule has 1 rings (SSSR count). The maximum absolute atomic E-state index is 10.7. The SMILES string of the molecule is CC(=O)CCCCc1nc(C(=O)Cl)co1. The zero-order valence-corrected chi connectivity index (χ0v) is 9.21. The molecule has 1 aromatic heterocycles. The number of carbonyl (C=O) groups excluding carboxylic acids is 2. The summed E-state index contributed by atoms with van der Waals surface area (Å²) in [4.78, 5) is 25.2. The Morgan fingerprint density at radius 2 is 2.20 bits per heavy atom. The van der Waals surface area contributed by atoms with Crippen molar-refractivity contribution in [1.82, 2.24) is 4.98 Å². The molecule has 0 spiro atoms. The van der Waals surface area contributed by atoms with Gasteiger partial charge in [-0.25, -0.2) is 4.98 Å². The summed E-state index contributed by atoms with van der Waals surface area (Å²) in [5.74, 6) is 0.668. The molecule has 0 bridgehead atoms. The fraction of sp³-hybridized carbons (Fsp3) is 0.500. The second-order valence-corrected chi connectivity index (χ2v) is 3.65. The summed E-state index contributed by atoms with van der Waals surface area (Å²) in [5.41, 5.74) is 0.137. The van der Waals surface area contributed by atoms with Gasteiger partial charge in [0.25, 0.3) is 5.24 Å². The number of nitrogens with zero attached hydrogens (tertiary/aromatic N) is 1. The Bertz CT molecular complexity index is 359. The maximum atomic E-state index is 10.7. The minimum absolute atomic E-state index is 0.137. The molecular weight excluding hydrogens is 218 g/mol. The third-order valence-corrected chi connectivity index (χ3v) is 2.12. The third kappa shape index (κ3) is 4.25. The third-order valence-electron chi connectivity index (χ3n) is 1.92. The Morgan fingerprint density at radius 3 is 2.73 bits per heavy atom. The van der Waals surface area contributed by atoms with Crippen LogP contribution in [0.2, 0.25) is 0 Å². The summed E-state index contributed by atoms with van der Waals surface area (Å²) < 4.78 is 5.03. The Kier molecular flexibility index (Phi) is 4.49. The average molecular weight is 230 g/mol. The predicted octanol–water partition coefficient (Wildman–Crippen LogP) is 2.36. The van der Waals surface area contributed by atoms with Gasteiger partial charge in [-0.15, -0.1) is 0 Å². The summed E-state index contributed by atoms with van der Waals surface area (Å²) >= 11 is 5.21. The van der Waals surface area contributed by atoms with E-state index in [9.17, 15) is 9.59 Å². The van der Waals surface area contributed by atoms with Gasteiger partial charge in [0.1, 0.15) is 12.0 Å². The van der Waals surface area contributed by atoms with E-state index in [0.717, 1.165) is 12.8 Å². The molecule has 0 aliphatic carbocycles. The van der Waals surface area contributed by atoms with Crippen LogP contribution >= 0.6 is 11.6 Å². The van der Waals surface area contributed by atoms with E-state index in [2.05, 4.69) is 4.98 Å². The Hall–Kier alpha value is -1.16. The normalized spacial score (nSPS) is 10.3. The lowest BCUT2D eigenvalue weighted by Gasteiger charge is -1.94. The first kappa shape index (κ1) is 11.9. The van der Waals surface area contributed by atoms with Crippen LogP contribution in [0.1, 0.15) is 42.6 Å². The standard InChI is InChI=1S/C10H12ClNO3/c1-7(13)4-2-3-5-9-12-8(6-15-9)10(11)14/h6H,2-5H2,1H3. The number of rotatable bonds is 6. The first-order valence-corrected chi connectivity index (χ1v) is 5.11. The molecule has 5 heteroatoms. The van der Waals surface area contributed by atoms with E-state index in [-0.39, 0.29) is 11.5 Å². The number of oxazole rings is 1. The monoisotopic (exact) mass is 229 g/mol.